The zero-order valence-corrected chi connectivity index (χ0v) is 11.8. The van der Waals surface area contributed by atoms with Crippen molar-refractivity contribution < 1.29 is 9.53 Å². The van der Waals surface area contributed by atoms with Crippen molar-refractivity contribution in [3.8, 4) is 0 Å². The first kappa shape index (κ1) is 14.7. The quantitative estimate of drug-likeness (QED) is 0.653. The van der Waals surface area contributed by atoms with Gasteiger partial charge in [-0.15, -0.1) is 0 Å². The number of rotatable bonds is 6. The fourth-order valence-electron chi connectivity index (χ4n) is 3.07. The molecule has 1 saturated carbocycles. The van der Waals surface area contributed by atoms with Crippen LogP contribution >= 0.6 is 0 Å². The maximum absolute atomic E-state index is 12.7. The molecule has 0 unspecified atom stereocenters. The summed E-state index contributed by atoms with van der Waals surface area (Å²) in [5.41, 5.74) is -0.443. The van der Waals surface area contributed by atoms with Gasteiger partial charge in [0.15, 0.2) is 5.78 Å². The number of carbonyl (C=O) groups excluding carboxylic acids is 1. The predicted molar refractivity (Wildman–Crippen MR) is 71.1 cm³/mol. The summed E-state index contributed by atoms with van der Waals surface area (Å²) in [7, 11) is 0. The highest BCUT2D eigenvalue weighted by Crippen LogP contribution is 2.34. The van der Waals surface area contributed by atoms with E-state index in [1.807, 2.05) is 6.92 Å². The van der Waals surface area contributed by atoms with Gasteiger partial charge in [-0.05, 0) is 32.6 Å². The smallest absolute Gasteiger partial charge is 0.167 e. The standard InChI is InChI=1S/C15H28O2/c1-4-13(5-2)14(16)15(17-6-3)11-9-7-8-10-12-15/h13H,4-12H2,1-3H3. The number of hydrogen-bond donors (Lipinski definition) is 0. The number of ketones is 1. The van der Waals surface area contributed by atoms with Gasteiger partial charge in [-0.2, -0.15) is 0 Å². The number of carbonyl (C=O) groups is 1. The van der Waals surface area contributed by atoms with Crippen molar-refractivity contribution in [3.05, 3.63) is 0 Å². The average Bonchev–Trinajstić information content (AvgIpc) is 2.57. The van der Waals surface area contributed by atoms with E-state index >= 15 is 0 Å². The molecule has 0 aromatic rings. The van der Waals surface area contributed by atoms with Gasteiger partial charge in [0.1, 0.15) is 5.60 Å². The second-order valence-electron chi connectivity index (χ2n) is 5.22. The largest absolute Gasteiger partial charge is 0.367 e. The van der Waals surface area contributed by atoms with E-state index in [0.29, 0.717) is 12.4 Å². The van der Waals surface area contributed by atoms with Crippen LogP contribution in [0.2, 0.25) is 0 Å². The summed E-state index contributed by atoms with van der Waals surface area (Å²) in [6.07, 6.45) is 8.58. The topological polar surface area (TPSA) is 26.3 Å². The van der Waals surface area contributed by atoms with Crippen molar-refractivity contribution >= 4 is 5.78 Å². The highest BCUT2D eigenvalue weighted by molar-refractivity contribution is 5.89. The average molecular weight is 240 g/mol. The van der Waals surface area contributed by atoms with Crippen molar-refractivity contribution in [3.63, 3.8) is 0 Å². The highest BCUT2D eigenvalue weighted by atomic mass is 16.5. The van der Waals surface area contributed by atoms with Crippen molar-refractivity contribution in [2.75, 3.05) is 6.61 Å². The van der Waals surface area contributed by atoms with Crippen LogP contribution in [0.3, 0.4) is 0 Å². The molecule has 0 bridgehead atoms. The van der Waals surface area contributed by atoms with Gasteiger partial charge in [0.25, 0.3) is 0 Å². The van der Waals surface area contributed by atoms with E-state index in [1.165, 1.54) is 12.8 Å². The Kier molecular flexibility index (Phi) is 6.18. The van der Waals surface area contributed by atoms with E-state index < -0.39 is 5.60 Å². The molecule has 0 radical (unpaired) electrons. The molecular weight excluding hydrogens is 212 g/mol. The Hall–Kier alpha value is -0.370. The number of hydrogen-bond acceptors (Lipinski definition) is 2. The minimum absolute atomic E-state index is 0.194. The van der Waals surface area contributed by atoms with Gasteiger partial charge in [-0.1, -0.05) is 39.5 Å². The fraction of sp³-hybridized carbons (Fsp3) is 0.933. The van der Waals surface area contributed by atoms with Crippen molar-refractivity contribution in [2.24, 2.45) is 5.92 Å². The van der Waals surface area contributed by atoms with Crippen LogP contribution < -0.4 is 0 Å². The summed E-state index contributed by atoms with van der Waals surface area (Å²) in [6, 6.07) is 0. The van der Waals surface area contributed by atoms with Gasteiger partial charge in [0.05, 0.1) is 0 Å². The molecular formula is C15H28O2. The van der Waals surface area contributed by atoms with Crippen LogP contribution in [0.25, 0.3) is 0 Å². The first-order valence-corrected chi connectivity index (χ1v) is 7.38. The Bertz CT molecular complexity index is 223. The van der Waals surface area contributed by atoms with Crippen molar-refractivity contribution in [1.29, 1.82) is 0 Å². The first-order valence-electron chi connectivity index (χ1n) is 7.38. The molecule has 0 heterocycles. The zero-order valence-electron chi connectivity index (χ0n) is 11.8. The van der Waals surface area contributed by atoms with Crippen LogP contribution in [0.5, 0.6) is 0 Å². The first-order chi connectivity index (χ1) is 8.20. The molecule has 2 heteroatoms. The van der Waals surface area contributed by atoms with Gasteiger partial charge < -0.3 is 4.74 Å². The molecule has 0 saturated heterocycles. The summed E-state index contributed by atoms with van der Waals surface area (Å²) in [4.78, 5) is 12.7. The van der Waals surface area contributed by atoms with Gasteiger partial charge in [-0.3, -0.25) is 4.79 Å². The molecule has 1 fully saturated rings. The maximum Gasteiger partial charge on any atom is 0.167 e. The lowest BCUT2D eigenvalue weighted by Crippen LogP contribution is -2.44. The van der Waals surface area contributed by atoms with Gasteiger partial charge >= 0.3 is 0 Å². The van der Waals surface area contributed by atoms with E-state index in [9.17, 15) is 4.79 Å². The van der Waals surface area contributed by atoms with E-state index in [0.717, 1.165) is 38.5 Å². The highest BCUT2D eigenvalue weighted by Gasteiger charge is 2.41. The molecule has 0 atom stereocenters. The Morgan fingerprint density at radius 2 is 1.59 bits per heavy atom. The molecule has 1 rings (SSSR count). The summed E-state index contributed by atoms with van der Waals surface area (Å²) < 4.78 is 5.95. The van der Waals surface area contributed by atoms with Gasteiger partial charge in [-0.25, -0.2) is 0 Å². The monoisotopic (exact) mass is 240 g/mol. The second-order valence-corrected chi connectivity index (χ2v) is 5.22. The number of ether oxygens (including phenoxy) is 1. The Morgan fingerprint density at radius 3 is 2.00 bits per heavy atom. The lowest BCUT2D eigenvalue weighted by atomic mass is 9.80. The summed E-state index contributed by atoms with van der Waals surface area (Å²) in [5.74, 6) is 0.575. The zero-order chi connectivity index (χ0) is 12.7. The van der Waals surface area contributed by atoms with E-state index in [1.54, 1.807) is 0 Å². The van der Waals surface area contributed by atoms with Crippen LogP contribution in [-0.4, -0.2) is 18.0 Å². The van der Waals surface area contributed by atoms with Gasteiger partial charge in [0, 0.05) is 12.5 Å². The molecule has 0 aromatic carbocycles. The van der Waals surface area contributed by atoms with Crippen LogP contribution in [0.1, 0.15) is 72.1 Å². The fourth-order valence-corrected chi connectivity index (χ4v) is 3.07. The van der Waals surface area contributed by atoms with Crippen molar-refractivity contribution in [1.82, 2.24) is 0 Å². The normalized spacial score (nSPS) is 20.2. The minimum atomic E-state index is -0.443. The third-order valence-corrected chi connectivity index (χ3v) is 4.14. The van der Waals surface area contributed by atoms with E-state index in [-0.39, 0.29) is 5.92 Å². The molecule has 0 spiro atoms. The summed E-state index contributed by atoms with van der Waals surface area (Å²) >= 11 is 0. The third-order valence-electron chi connectivity index (χ3n) is 4.14. The maximum atomic E-state index is 12.7. The van der Waals surface area contributed by atoms with Crippen LogP contribution in [0.4, 0.5) is 0 Å². The van der Waals surface area contributed by atoms with Gasteiger partial charge in [0.2, 0.25) is 0 Å². The number of Topliss-reactive ketones (excluding diaryl/α,β-unsaturated/α-hetero) is 1. The van der Waals surface area contributed by atoms with E-state index in [4.69, 9.17) is 4.74 Å². The molecule has 1 aliphatic carbocycles. The van der Waals surface area contributed by atoms with E-state index in [2.05, 4.69) is 13.8 Å². The Balaban J connectivity index is 2.84. The lowest BCUT2D eigenvalue weighted by molar-refractivity contribution is -0.151. The molecule has 1 aliphatic rings. The summed E-state index contributed by atoms with van der Waals surface area (Å²) in [6.45, 7) is 6.89. The molecule has 17 heavy (non-hydrogen) atoms. The minimum Gasteiger partial charge on any atom is -0.367 e. The SMILES string of the molecule is CCOC1(C(=O)C(CC)CC)CCCCCC1. The second kappa shape index (κ2) is 7.15. The van der Waals surface area contributed by atoms with Crippen LogP contribution in [0.15, 0.2) is 0 Å². The molecule has 0 N–H and O–H groups in total. The summed E-state index contributed by atoms with van der Waals surface area (Å²) in [5, 5.41) is 0. The van der Waals surface area contributed by atoms with Crippen LogP contribution in [-0.2, 0) is 9.53 Å². The predicted octanol–water partition coefficient (Wildman–Crippen LogP) is 4.12. The molecule has 0 amide bonds. The molecule has 0 aromatic heterocycles. The Morgan fingerprint density at radius 1 is 1.06 bits per heavy atom. The lowest BCUT2D eigenvalue weighted by Gasteiger charge is -2.34. The molecule has 2 nitrogen and oxygen atoms in total. The van der Waals surface area contributed by atoms with Crippen molar-refractivity contribution in [2.45, 2.75) is 77.7 Å². The molecule has 100 valence electrons. The van der Waals surface area contributed by atoms with Crippen LogP contribution in [0, 0.1) is 5.92 Å². The molecule has 0 aliphatic heterocycles. The third kappa shape index (κ3) is 3.54. The Labute approximate surface area is 106 Å².